The largest absolute Gasteiger partial charge is 0.497 e. The minimum atomic E-state index is -1.24. The maximum atomic E-state index is 10.6. The Balaban J connectivity index is 2.40. The van der Waals surface area contributed by atoms with Gasteiger partial charge in [0.1, 0.15) is 11.9 Å². The number of methoxy groups -OCH3 is 1. The van der Waals surface area contributed by atoms with Crippen molar-refractivity contribution < 1.29 is 19.7 Å². The molecule has 0 aliphatic rings. The average Bonchev–Trinajstić information content (AvgIpc) is 2.38. The van der Waals surface area contributed by atoms with Crippen molar-refractivity contribution in [3.8, 4) is 5.75 Å². The predicted octanol–water partition coefficient (Wildman–Crippen LogP) is -0.836. The SMILES string of the molecule is COc1ccc(C(O)CNCC(O)C(N)=O)cc1. The number of aliphatic hydroxyl groups excluding tert-OH is 2. The van der Waals surface area contributed by atoms with Crippen LogP contribution in [-0.2, 0) is 4.79 Å². The third-order valence-corrected chi connectivity index (χ3v) is 2.50. The van der Waals surface area contributed by atoms with Crippen LogP contribution in [0.25, 0.3) is 0 Å². The lowest BCUT2D eigenvalue weighted by Crippen LogP contribution is -2.38. The van der Waals surface area contributed by atoms with Gasteiger partial charge in [-0.2, -0.15) is 0 Å². The van der Waals surface area contributed by atoms with Crippen molar-refractivity contribution in [3.05, 3.63) is 29.8 Å². The van der Waals surface area contributed by atoms with Crippen LogP contribution in [0.15, 0.2) is 24.3 Å². The molecule has 6 heteroatoms. The van der Waals surface area contributed by atoms with E-state index in [2.05, 4.69) is 5.32 Å². The van der Waals surface area contributed by atoms with Crippen LogP contribution < -0.4 is 15.8 Å². The quantitative estimate of drug-likeness (QED) is 0.508. The van der Waals surface area contributed by atoms with E-state index in [0.717, 1.165) is 5.56 Å². The van der Waals surface area contributed by atoms with E-state index in [1.54, 1.807) is 31.4 Å². The lowest BCUT2D eigenvalue weighted by atomic mass is 10.1. The minimum absolute atomic E-state index is 0.0164. The topological polar surface area (TPSA) is 105 Å². The van der Waals surface area contributed by atoms with E-state index in [1.165, 1.54) is 0 Å². The molecular formula is C12H18N2O4. The molecule has 100 valence electrons. The van der Waals surface area contributed by atoms with Crippen LogP contribution >= 0.6 is 0 Å². The highest BCUT2D eigenvalue weighted by molar-refractivity contribution is 5.78. The van der Waals surface area contributed by atoms with Gasteiger partial charge in [-0.05, 0) is 17.7 Å². The number of primary amides is 1. The van der Waals surface area contributed by atoms with E-state index in [4.69, 9.17) is 15.6 Å². The number of amides is 1. The predicted molar refractivity (Wildman–Crippen MR) is 66.0 cm³/mol. The van der Waals surface area contributed by atoms with Crippen LogP contribution in [0.1, 0.15) is 11.7 Å². The Morgan fingerprint density at radius 3 is 2.44 bits per heavy atom. The number of carbonyl (C=O) groups excluding carboxylic acids is 1. The summed E-state index contributed by atoms with van der Waals surface area (Å²) in [4.78, 5) is 10.6. The van der Waals surface area contributed by atoms with E-state index in [9.17, 15) is 9.90 Å². The van der Waals surface area contributed by atoms with Crippen LogP contribution in [0.5, 0.6) is 5.75 Å². The summed E-state index contributed by atoms with van der Waals surface area (Å²) in [6.07, 6.45) is -1.97. The zero-order chi connectivity index (χ0) is 13.5. The second-order valence-electron chi connectivity index (χ2n) is 3.87. The molecule has 1 aromatic carbocycles. The van der Waals surface area contributed by atoms with Gasteiger partial charge in [0.25, 0.3) is 0 Å². The molecule has 0 aliphatic heterocycles. The van der Waals surface area contributed by atoms with Gasteiger partial charge in [0.05, 0.1) is 13.2 Å². The molecule has 0 bridgehead atoms. The van der Waals surface area contributed by atoms with E-state index in [1.807, 2.05) is 0 Å². The third kappa shape index (κ3) is 4.33. The van der Waals surface area contributed by atoms with Gasteiger partial charge in [-0.3, -0.25) is 4.79 Å². The maximum absolute atomic E-state index is 10.6. The Bertz CT molecular complexity index is 380. The zero-order valence-electron chi connectivity index (χ0n) is 10.2. The molecule has 0 radical (unpaired) electrons. The molecule has 1 aromatic rings. The van der Waals surface area contributed by atoms with E-state index >= 15 is 0 Å². The van der Waals surface area contributed by atoms with Gasteiger partial charge in [0.15, 0.2) is 0 Å². The van der Waals surface area contributed by atoms with Gasteiger partial charge in [-0.1, -0.05) is 12.1 Å². The Morgan fingerprint density at radius 1 is 1.33 bits per heavy atom. The van der Waals surface area contributed by atoms with Gasteiger partial charge < -0.3 is 26.0 Å². The van der Waals surface area contributed by atoms with Crippen molar-refractivity contribution in [3.63, 3.8) is 0 Å². The molecule has 2 unspecified atom stereocenters. The number of carbonyl (C=O) groups is 1. The zero-order valence-corrected chi connectivity index (χ0v) is 10.2. The highest BCUT2D eigenvalue weighted by atomic mass is 16.5. The van der Waals surface area contributed by atoms with Crippen LogP contribution in [0.2, 0.25) is 0 Å². The number of hydrogen-bond acceptors (Lipinski definition) is 5. The first-order chi connectivity index (χ1) is 8.54. The lowest BCUT2D eigenvalue weighted by Gasteiger charge is -2.14. The van der Waals surface area contributed by atoms with Crippen LogP contribution in [0, 0.1) is 0 Å². The number of nitrogens with one attached hydrogen (secondary N) is 1. The van der Waals surface area contributed by atoms with Gasteiger partial charge in [0.2, 0.25) is 5.91 Å². The molecule has 0 saturated heterocycles. The minimum Gasteiger partial charge on any atom is -0.497 e. The fraction of sp³-hybridized carbons (Fsp3) is 0.417. The van der Waals surface area contributed by atoms with Gasteiger partial charge >= 0.3 is 0 Å². The molecule has 1 rings (SSSR count). The first-order valence-corrected chi connectivity index (χ1v) is 5.54. The summed E-state index contributed by atoms with van der Waals surface area (Å²) in [7, 11) is 1.57. The second-order valence-corrected chi connectivity index (χ2v) is 3.87. The second kappa shape index (κ2) is 6.95. The van der Waals surface area contributed by atoms with Crippen molar-refractivity contribution in [1.29, 1.82) is 0 Å². The van der Waals surface area contributed by atoms with E-state index in [0.29, 0.717) is 5.75 Å². The average molecular weight is 254 g/mol. The summed E-state index contributed by atoms with van der Waals surface area (Å²) >= 11 is 0. The Morgan fingerprint density at radius 2 is 1.94 bits per heavy atom. The molecule has 0 spiro atoms. The fourth-order valence-electron chi connectivity index (χ4n) is 1.40. The molecule has 0 saturated carbocycles. The van der Waals surface area contributed by atoms with Crippen molar-refractivity contribution in [2.75, 3.05) is 20.2 Å². The highest BCUT2D eigenvalue weighted by Crippen LogP contribution is 2.16. The summed E-state index contributed by atoms with van der Waals surface area (Å²) < 4.78 is 5.01. The van der Waals surface area contributed by atoms with E-state index in [-0.39, 0.29) is 13.1 Å². The molecule has 2 atom stereocenters. The molecule has 0 heterocycles. The number of rotatable bonds is 7. The first-order valence-electron chi connectivity index (χ1n) is 5.54. The highest BCUT2D eigenvalue weighted by Gasteiger charge is 2.12. The molecule has 1 amide bonds. The molecule has 0 aliphatic carbocycles. The van der Waals surface area contributed by atoms with Crippen LogP contribution in [0.3, 0.4) is 0 Å². The summed E-state index contributed by atoms with van der Waals surface area (Å²) in [5.41, 5.74) is 5.61. The van der Waals surface area contributed by atoms with E-state index < -0.39 is 18.1 Å². The van der Waals surface area contributed by atoms with Gasteiger partial charge in [-0.15, -0.1) is 0 Å². The molecule has 5 N–H and O–H groups in total. The smallest absolute Gasteiger partial charge is 0.247 e. The summed E-state index contributed by atoms with van der Waals surface area (Å²) in [5, 5.41) is 21.7. The molecular weight excluding hydrogens is 236 g/mol. The van der Waals surface area contributed by atoms with Crippen molar-refractivity contribution in [2.45, 2.75) is 12.2 Å². The fourth-order valence-corrected chi connectivity index (χ4v) is 1.40. The summed E-state index contributed by atoms with van der Waals surface area (Å²) in [5.74, 6) is -0.0792. The number of aliphatic hydroxyl groups is 2. The molecule has 6 nitrogen and oxygen atoms in total. The Hall–Kier alpha value is -1.63. The number of benzene rings is 1. The molecule has 18 heavy (non-hydrogen) atoms. The standard InChI is InChI=1S/C12H18N2O4/c1-18-9-4-2-8(3-5-9)10(15)6-14-7-11(16)12(13)17/h2-5,10-11,14-16H,6-7H2,1H3,(H2,13,17). The Labute approximate surface area is 105 Å². The van der Waals surface area contributed by atoms with Gasteiger partial charge in [-0.25, -0.2) is 0 Å². The Kier molecular flexibility index (Phi) is 5.57. The molecule has 0 fully saturated rings. The number of ether oxygens (including phenoxy) is 1. The summed E-state index contributed by atoms with van der Waals surface area (Å²) in [6, 6.07) is 6.99. The van der Waals surface area contributed by atoms with Gasteiger partial charge in [0, 0.05) is 13.1 Å². The number of nitrogens with two attached hydrogens (primary N) is 1. The summed E-state index contributed by atoms with van der Waals surface area (Å²) in [6.45, 7) is 0.235. The third-order valence-electron chi connectivity index (χ3n) is 2.50. The lowest BCUT2D eigenvalue weighted by molar-refractivity contribution is -0.125. The normalized spacial score (nSPS) is 13.9. The van der Waals surface area contributed by atoms with Crippen LogP contribution in [-0.4, -0.2) is 42.4 Å². The van der Waals surface area contributed by atoms with Crippen molar-refractivity contribution >= 4 is 5.91 Å². The molecule has 0 aromatic heterocycles. The number of hydrogen-bond donors (Lipinski definition) is 4. The van der Waals surface area contributed by atoms with Crippen LogP contribution in [0.4, 0.5) is 0 Å². The monoisotopic (exact) mass is 254 g/mol. The van der Waals surface area contributed by atoms with Crippen molar-refractivity contribution in [1.82, 2.24) is 5.32 Å². The van der Waals surface area contributed by atoms with Crippen molar-refractivity contribution in [2.24, 2.45) is 5.73 Å². The first kappa shape index (κ1) is 14.4. The maximum Gasteiger partial charge on any atom is 0.247 e.